The van der Waals surface area contributed by atoms with E-state index in [-0.39, 0.29) is 18.3 Å². The van der Waals surface area contributed by atoms with Gasteiger partial charge in [0.2, 0.25) is 0 Å². The molecule has 2 heterocycles. The first kappa shape index (κ1) is 23.3. The van der Waals surface area contributed by atoms with Crippen LogP contribution in [0.1, 0.15) is 59.6 Å². The summed E-state index contributed by atoms with van der Waals surface area (Å²) >= 11 is 0. The van der Waals surface area contributed by atoms with E-state index in [9.17, 15) is 10.1 Å². The second kappa shape index (κ2) is 7.90. The number of aryl methyl sites for hydroxylation is 1. The van der Waals surface area contributed by atoms with Crippen LogP contribution < -0.4 is 0 Å². The molecule has 0 atom stereocenters. The van der Waals surface area contributed by atoms with Crippen LogP contribution in [0, 0.1) is 11.3 Å². The topological polar surface area (TPSA) is 73.5 Å². The molecular formula is C26H31BN2O4. The van der Waals surface area contributed by atoms with Crippen LogP contribution in [0.25, 0.3) is 21.8 Å². The fraction of sp³-hybridized carbons (Fsp3) is 0.462. The van der Waals surface area contributed by atoms with Gasteiger partial charge in [0.05, 0.1) is 27.8 Å². The number of aromatic nitrogens is 1. The first-order valence-corrected chi connectivity index (χ1v) is 11.4. The summed E-state index contributed by atoms with van der Waals surface area (Å²) in [5.74, 6) is 0. The van der Waals surface area contributed by atoms with Crippen LogP contribution in [0.3, 0.4) is 0 Å². The summed E-state index contributed by atoms with van der Waals surface area (Å²) in [6.07, 6.45) is 0.807. The normalized spacial score (nSPS) is 17.5. The van der Waals surface area contributed by atoms with Gasteiger partial charge in [-0.05, 0) is 78.9 Å². The number of fused-ring (bicyclic) bond motifs is 3. The SMILES string of the molecule is CC(C)(C)OC(=O)n1c2ccccc2c2c(C#N)c(CCB3OC(C)(C)C(C)(C)O3)ccc21. The van der Waals surface area contributed by atoms with Gasteiger partial charge >= 0.3 is 13.2 Å². The molecule has 33 heavy (non-hydrogen) atoms. The molecule has 1 aliphatic rings. The van der Waals surface area contributed by atoms with Crippen molar-refractivity contribution < 1.29 is 18.8 Å². The molecule has 1 fully saturated rings. The Morgan fingerprint density at radius 2 is 1.70 bits per heavy atom. The highest BCUT2D eigenvalue weighted by atomic mass is 16.7. The number of nitrogens with zero attached hydrogens (tertiary/aromatic N) is 2. The minimum atomic E-state index is -0.629. The Labute approximate surface area is 195 Å². The molecule has 0 amide bonds. The van der Waals surface area contributed by atoms with Crippen molar-refractivity contribution in [2.75, 3.05) is 0 Å². The highest BCUT2D eigenvalue weighted by Gasteiger charge is 2.50. The highest BCUT2D eigenvalue weighted by molar-refractivity contribution is 6.45. The molecule has 0 N–H and O–H groups in total. The molecule has 0 radical (unpaired) electrons. The average molecular weight is 446 g/mol. The third-order valence-corrected chi connectivity index (χ3v) is 6.56. The minimum absolute atomic E-state index is 0.333. The third kappa shape index (κ3) is 4.14. The summed E-state index contributed by atoms with van der Waals surface area (Å²) in [6.45, 7) is 13.7. The van der Waals surface area contributed by atoms with Gasteiger partial charge in [-0.1, -0.05) is 24.3 Å². The fourth-order valence-electron chi connectivity index (χ4n) is 4.30. The standard InChI is InChI=1S/C26H31BN2O4/c1-24(2,3)31-23(30)29-20-11-9-8-10-18(20)22-19(16-28)17(12-13-21(22)29)14-15-27-32-25(4,5)26(6,7)33-27/h8-13H,14-15H2,1-7H3. The zero-order chi connectivity index (χ0) is 24.2. The lowest BCUT2D eigenvalue weighted by Gasteiger charge is -2.32. The van der Waals surface area contributed by atoms with Crippen molar-refractivity contribution in [3.8, 4) is 6.07 Å². The van der Waals surface area contributed by atoms with Gasteiger partial charge in [-0.25, -0.2) is 9.36 Å². The molecule has 6 nitrogen and oxygen atoms in total. The third-order valence-electron chi connectivity index (χ3n) is 6.56. The van der Waals surface area contributed by atoms with Gasteiger partial charge in [0, 0.05) is 10.8 Å². The molecule has 0 unspecified atom stereocenters. The summed E-state index contributed by atoms with van der Waals surface area (Å²) in [7, 11) is -0.333. The molecule has 7 heteroatoms. The lowest BCUT2D eigenvalue weighted by molar-refractivity contribution is 0.00578. The lowest BCUT2D eigenvalue weighted by atomic mass is 9.80. The zero-order valence-electron chi connectivity index (χ0n) is 20.5. The molecule has 1 aromatic heterocycles. The number of carbonyl (C=O) groups is 1. The molecular weight excluding hydrogens is 415 g/mol. The predicted octanol–water partition coefficient (Wildman–Crippen LogP) is 6.08. The smallest absolute Gasteiger partial charge is 0.443 e. The lowest BCUT2D eigenvalue weighted by Crippen LogP contribution is -2.41. The van der Waals surface area contributed by atoms with E-state index in [2.05, 4.69) is 6.07 Å². The number of para-hydroxylation sites is 1. The number of hydrogen-bond donors (Lipinski definition) is 0. The minimum Gasteiger partial charge on any atom is -0.443 e. The monoisotopic (exact) mass is 446 g/mol. The van der Waals surface area contributed by atoms with Crippen molar-refractivity contribution in [2.24, 2.45) is 0 Å². The van der Waals surface area contributed by atoms with E-state index in [1.807, 2.05) is 84.9 Å². The molecule has 0 aliphatic carbocycles. The summed E-state index contributed by atoms with van der Waals surface area (Å²) in [6, 6.07) is 13.8. The maximum atomic E-state index is 13.1. The highest BCUT2D eigenvalue weighted by Crippen LogP contribution is 2.39. The summed E-state index contributed by atoms with van der Waals surface area (Å²) in [5.41, 5.74) is 1.47. The first-order valence-electron chi connectivity index (χ1n) is 11.4. The van der Waals surface area contributed by atoms with Gasteiger partial charge in [0.15, 0.2) is 0 Å². The predicted molar refractivity (Wildman–Crippen MR) is 130 cm³/mol. The molecule has 2 aromatic carbocycles. The van der Waals surface area contributed by atoms with E-state index in [0.29, 0.717) is 23.8 Å². The Balaban J connectivity index is 1.75. The molecule has 1 saturated heterocycles. The Morgan fingerprint density at radius 3 is 2.30 bits per heavy atom. The van der Waals surface area contributed by atoms with Gasteiger partial charge in [-0.2, -0.15) is 5.26 Å². The number of ether oxygens (including phenoxy) is 1. The molecule has 4 rings (SSSR count). The van der Waals surface area contributed by atoms with Crippen molar-refractivity contribution in [1.29, 1.82) is 5.26 Å². The van der Waals surface area contributed by atoms with Gasteiger partial charge in [0.1, 0.15) is 11.7 Å². The van der Waals surface area contributed by atoms with Gasteiger partial charge in [-0.3, -0.25) is 0 Å². The number of nitriles is 1. The quantitative estimate of drug-likeness (QED) is 0.456. The van der Waals surface area contributed by atoms with Crippen molar-refractivity contribution in [3.05, 3.63) is 47.5 Å². The van der Waals surface area contributed by atoms with Crippen molar-refractivity contribution in [3.63, 3.8) is 0 Å². The molecule has 3 aromatic rings. The second-order valence-electron chi connectivity index (χ2n) is 10.7. The van der Waals surface area contributed by atoms with Crippen LogP contribution in [0.15, 0.2) is 36.4 Å². The molecule has 0 saturated carbocycles. The molecule has 0 bridgehead atoms. The van der Waals surface area contributed by atoms with Gasteiger partial charge in [-0.15, -0.1) is 0 Å². The molecule has 1 aliphatic heterocycles. The summed E-state index contributed by atoms with van der Waals surface area (Å²) < 4.78 is 19.5. The van der Waals surface area contributed by atoms with Crippen LogP contribution in [0.4, 0.5) is 4.79 Å². The van der Waals surface area contributed by atoms with Crippen molar-refractivity contribution in [1.82, 2.24) is 4.57 Å². The van der Waals surface area contributed by atoms with Gasteiger partial charge < -0.3 is 14.0 Å². The second-order valence-corrected chi connectivity index (χ2v) is 10.7. The molecule has 172 valence electrons. The van der Waals surface area contributed by atoms with Gasteiger partial charge in [0.25, 0.3) is 0 Å². The maximum Gasteiger partial charge on any atom is 0.458 e. The van der Waals surface area contributed by atoms with E-state index in [0.717, 1.165) is 21.9 Å². The first-order chi connectivity index (χ1) is 15.3. The molecule has 0 spiro atoms. The maximum absolute atomic E-state index is 13.1. The van der Waals surface area contributed by atoms with Crippen LogP contribution in [0.2, 0.25) is 6.32 Å². The van der Waals surface area contributed by atoms with E-state index in [1.165, 1.54) is 0 Å². The zero-order valence-corrected chi connectivity index (χ0v) is 20.5. The Bertz CT molecular complexity index is 1260. The van der Waals surface area contributed by atoms with E-state index < -0.39 is 11.7 Å². The summed E-state index contributed by atoms with van der Waals surface area (Å²) in [5, 5.41) is 11.8. The van der Waals surface area contributed by atoms with E-state index >= 15 is 0 Å². The number of carbonyl (C=O) groups excluding carboxylic acids is 1. The Kier molecular flexibility index (Phi) is 5.59. The van der Waals surface area contributed by atoms with E-state index in [1.54, 1.807) is 4.57 Å². The summed E-state index contributed by atoms with van der Waals surface area (Å²) in [4.78, 5) is 13.1. The van der Waals surface area contributed by atoms with Crippen LogP contribution in [-0.4, -0.2) is 34.6 Å². The van der Waals surface area contributed by atoms with Crippen LogP contribution in [0.5, 0.6) is 0 Å². The average Bonchev–Trinajstić information content (AvgIpc) is 3.14. The number of hydrogen-bond acceptors (Lipinski definition) is 5. The van der Waals surface area contributed by atoms with E-state index in [4.69, 9.17) is 14.0 Å². The van der Waals surface area contributed by atoms with Crippen molar-refractivity contribution >= 4 is 35.0 Å². The van der Waals surface area contributed by atoms with Crippen LogP contribution >= 0.6 is 0 Å². The Hall–Kier alpha value is -2.82. The number of rotatable bonds is 3. The Morgan fingerprint density at radius 1 is 1.06 bits per heavy atom. The fourth-order valence-corrected chi connectivity index (χ4v) is 4.30. The largest absolute Gasteiger partial charge is 0.458 e. The number of benzene rings is 2. The van der Waals surface area contributed by atoms with Crippen molar-refractivity contribution in [2.45, 2.75) is 78.0 Å². The van der Waals surface area contributed by atoms with Crippen LogP contribution in [-0.2, 0) is 20.5 Å².